The van der Waals surface area contributed by atoms with E-state index >= 15 is 0 Å². The maximum Gasteiger partial charge on any atom is 0.434 e. The molecule has 1 aromatic heterocycles. The first kappa shape index (κ1) is 23.8. The number of aromatic nitrogens is 2. The minimum absolute atomic E-state index is 0.109. The lowest BCUT2D eigenvalue weighted by Gasteiger charge is -2.24. The van der Waals surface area contributed by atoms with Crippen molar-refractivity contribution in [1.29, 1.82) is 0 Å². The van der Waals surface area contributed by atoms with Gasteiger partial charge in [0, 0.05) is 16.4 Å². The fraction of sp³-hybridized carbons (Fsp3) is 0.250. The summed E-state index contributed by atoms with van der Waals surface area (Å²) >= 11 is 7.44. The normalized spacial score (nSPS) is 13.8. The Morgan fingerprint density at radius 3 is 2.72 bits per heavy atom. The first-order valence-electron chi connectivity index (χ1n) is 9.54. The zero-order chi connectivity index (χ0) is 23.4. The van der Waals surface area contributed by atoms with Gasteiger partial charge in [0.1, 0.15) is 11.9 Å². The number of hydrazine groups is 1. The van der Waals surface area contributed by atoms with Gasteiger partial charge in [-0.2, -0.15) is 5.10 Å². The molecule has 0 spiro atoms. The van der Waals surface area contributed by atoms with Crippen molar-refractivity contribution in [3.05, 3.63) is 79.9 Å². The van der Waals surface area contributed by atoms with Crippen molar-refractivity contribution < 1.29 is 8.81 Å². The number of nitrogens with two attached hydrogens (primary N) is 2. The summed E-state index contributed by atoms with van der Waals surface area (Å²) in [4.78, 5) is 12.3. The Labute approximate surface area is 192 Å². The minimum Gasteiger partial charge on any atom is -0.391 e. The molecule has 2 aromatic carbocycles. The van der Waals surface area contributed by atoms with Gasteiger partial charge in [-0.1, -0.05) is 24.6 Å². The van der Waals surface area contributed by atoms with E-state index in [1.54, 1.807) is 24.3 Å². The van der Waals surface area contributed by atoms with Crippen molar-refractivity contribution in [2.45, 2.75) is 37.6 Å². The highest BCUT2D eigenvalue weighted by molar-refractivity contribution is 7.97. The van der Waals surface area contributed by atoms with Gasteiger partial charge in [-0.25, -0.2) is 24.8 Å². The minimum atomic E-state index is -0.697. The molecule has 12 heteroatoms. The number of hydrazone groups is 1. The van der Waals surface area contributed by atoms with Gasteiger partial charge < -0.3 is 15.7 Å². The summed E-state index contributed by atoms with van der Waals surface area (Å²) in [5, 5.41) is 10.2. The molecule has 0 bridgehead atoms. The van der Waals surface area contributed by atoms with Crippen molar-refractivity contribution in [1.82, 2.24) is 20.3 Å². The smallest absolute Gasteiger partial charge is 0.391 e. The predicted molar refractivity (Wildman–Crippen MR) is 123 cm³/mol. The molecule has 0 amide bonds. The predicted octanol–water partition coefficient (Wildman–Crippen LogP) is 3.00. The van der Waals surface area contributed by atoms with Gasteiger partial charge in [0.2, 0.25) is 5.89 Å². The summed E-state index contributed by atoms with van der Waals surface area (Å²) in [5.41, 5.74) is 5.17. The van der Waals surface area contributed by atoms with Crippen LogP contribution in [0.1, 0.15) is 47.0 Å². The zero-order valence-electron chi connectivity index (χ0n) is 17.6. The summed E-state index contributed by atoms with van der Waals surface area (Å²) in [6.07, 6.45) is 0. The van der Waals surface area contributed by atoms with E-state index in [0.717, 1.165) is 16.0 Å². The summed E-state index contributed by atoms with van der Waals surface area (Å²) in [6, 6.07) is 7.69. The zero-order valence-corrected chi connectivity index (χ0v) is 19.1. The quantitative estimate of drug-likeness (QED) is 0.114. The molecule has 170 valence electrons. The molecular weight excluding hydrogens is 457 g/mol. The number of H-pyrrole nitrogens is 1. The van der Waals surface area contributed by atoms with Crippen molar-refractivity contribution in [3.63, 3.8) is 0 Å². The number of hydrogen-bond acceptors (Lipinski definition) is 8. The third-order valence-electron chi connectivity index (χ3n) is 5.17. The molecule has 0 aliphatic rings. The maximum atomic E-state index is 14.8. The van der Waals surface area contributed by atoms with Gasteiger partial charge in [0.15, 0.2) is 5.84 Å². The number of hydrogen-bond donors (Lipinski definition) is 5. The lowest BCUT2D eigenvalue weighted by molar-refractivity contribution is 0.384. The van der Waals surface area contributed by atoms with E-state index in [4.69, 9.17) is 27.7 Å². The average molecular weight is 480 g/mol. The van der Waals surface area contributed by atoms with Crippen LogP contribution in [0.2, 0.25) is 5.02 Å². The van der Waals surface area contributed by atoms with Crippen LogP contribution in [0.4, 0.5) is 4.39 Å². The first-order chi connectivity index (χ1) is 15.3. The molecular formula is C20H23ClFN7O2S. The Hall–Kier alpha value is -2.86. The topological polar surface area (TPSA) is 147 Å². The number of nitrogens with zero attached hydrogens (tertiary/aromatic N) is 2. The number of amidine groups is 1. The molecule has 2 atom stereocenters. The monoisotopic (exact) mass is 479 g/mol. The molecule has 0 radical (unpaired) electrons. The number of aryl methyl sites for hydroxylation is 1. The van der Waals surface area contributed by atoms with E-state index in [2.05, 4.69) is 25.4 Å². The Bertz CT molecular complexity index is 1200. The van der Waals surface area contributed by atoms with Crippen LogP contribution in [0.5, 0.6) is 0 Å². The highest BCUT2D eigenvalue weighted by Gasteiger charge is 2.29. The van der Waals surface area contributed by atoms with Crippen LogP contribution in [-0.2, 0) is 0 Å². The SMILES string of the molecule is Cc1ccc(F)c(C(C)C(NSc2ccc(Cl)c(/C(=N/N)NN)c2)c2n[nH]c(=O)o2)c1C. The Kier molecular flexibility index (Phi) is 7.56. The Morgan fingerprint density at radius 1 is 1.34 bits per heavy atom. The van der Waals surface area contributed by atoms with E-state index in [0.29, 0.717) is 16.1 Å². The number of aromatic amines is 1. The molecule has 7 N–H and O–H groups in total. The van der Waals surface area contributed by atoms with Crippen LogP contribution in [0.3, 0.4) is 0 Å². The van der Waals surface area contributed by atoms with E-state index in [9.17, 15) is 9.18 Å². The van der Waals surface area contributed by atoms with Crippen molar-refractivity contribution >= 4 is 29.4 Å². The third-order valence-corrected chi connectivity index (χ3v) is 6.36. The number of halogens is 2. The molecule has 0 aliphatic carbocycles. The molecule has 0 aliphatic heterocycles. The molecule has 0 saturated heterocycles. The van der Waals surface area contributed by atoms with Gasteiger partial charge in [0.05, 0.1) is 5.02 Å². The summed E-state index contributed by atoms with van der Waals surface area (Å²) in [6.45, 7) is 5.60. The van der Waals surface area contributed by atoms with E-state index in [1.807, 2.05) is 20.8 Å². The van der Waals surface area contributed by atoms with Gasteiger partial charge in [-0.3, -0.25) is 0 Å². The van der Waals surface area contributed by atoms with Crippen LogP contribution < -0.4 is 27.6 Å². The van der Waals surface area contributed by atoms with Gasteiger partial charge in [-0.15, -0.1) is 5.10 Å². The highest BCUT2D eigenvalue weighted by atomic mass is 35.5. The molecule has 0 saturated carbocycles. The lowest BCUT2D eigenvalue weighted by atomic mass is 9.88. The summed E-state index contributed by atoms with van der Waals surface area (Å²) < 4.78 is 23.2. The fourth-order valence-corrected chi connectivity index (χ4v) is 4.42. The number of benzene rings is 2. The molecule has 32 heavy (non-hydrogen) atoms. The number of rotatable bonds is 7. The lowest BCUT2D eigenvalue weighted by Crippen LogP contribution is -2.32. The Morgan fingerprint density at radius 2 is 2.09 bits per heavy atom. The second-order valence-corrected chi connectivity index (χ2v) is 8.42. The van der Waals surface area contributed by atoms with Crippen molar-refractivity contribution in [3.8, 4) is 0 Å². The molecule has 3 aromatic rings. The third kappa shape index (κ3) is 4.96. The molecule has 1 heterocycles. The van der Waals surface area contributed by atoms with Gasteiger partial charge in [0.25, 0.3) is 0 Å². The van der Waals surface area contributed by atoms with Gasteiger partial charge in [-0.05, 0) is 66.8 Å². The highest BCUT2D eigenvalue weighted by Crippen LogP contribution is 2.36. The summed E-state index contributed by atoms with van der Waals surface area (Å²) in [5.74, 6) is 9.65. The van der Waals surface area contributed by atoms with E-state index in [1.165, 1.54) is 18.0 Å². The molecule has 2 unspecified atom stereocenters. The van der Waals surface area contributed by atoms with E-state index in [-0.39, 0.29) is 17.5 Å². The maximum absolute atomic E-state index is 14.8. The van der Waals surface area contributed by atoms with Crippen molar-refractivity contribution in [2.24, 2.45) is 16.8 Å². The number of nitrogens with one attached hydrogen (secondary N) is 3. The average Bonchev–Trinajstić information content (AvgIpc) is 3.20. The standard InChI is InChI=1S/C20H23ClFN7O2S/c1-9-4-7-15(22)16(10(9)2)11(3)17(19-27-28-20(30)31-19)29-32-12-5-6-14(21)13(8-12)18(25-23)26-24/h4-8,11,17,29H,23-24H2,1-3H3,(H,25,26)(H,28,30). The van der Waals surface area contributed by atoms with Crippen LogP contribution >= 0.6 is 23.5 Å². The Balaban J connectivity index is 1.95. The van der Waals surface area contributed by atoms with Crippen LogP contribution in [0.25, 0.3) is 0 Å². The van der Waals surface area contributed by atoms with E-state index < -0.39 is 17.7 Å². The van der Waals surface area contributed by atoms with Gasteiger partial charge >= 0.3 is 5.76 Å². The molecule has 3 rings (SSSR count). The second-order valence-electron chi connectivity index (χ2n) is 7.10. The van der Waals surface area contributed by atoms with Crippen LogP contribution in [-0.4, -0.2) is 16.0 Å². The van der Waals surface area contributed by atoms with Crippen molar-refractivity contribution in [2.75, 3.05) is 0 Å². The largest absolute Gasteiger partial charge is 0.434 e. The van der Waals surface area contributed by atoms with Crippen LogP contribution in [0, 0.1) is 19.7 Å². The summed E-state index contributed by atoms with van der Waals surface area (Å²) in [7, 11) is 0. The first-order valence-corrected chi connectivity index (χ1v) is 10.7. The fourth-order valence-electron chi connectivity index (χ4n) is 3.34. The molecule has 9 nitrogen and oxygen atoms in total. The van der Waals surface area contributed by atoms with Crippen LogP contribution in [0.15, 0.2) is 49.5 Å². The second kappa shape index (κ2) is 10.2. The molecule has 0 fully saturated rings.